The van der Waals surface area contributed by atoms with E-state index in [2.05, 4.69) is 9.71 Å². The molecule has 6 nitrogen and oxygen atoms in total. The molecule has 1 aromatic carbocycles. The number of aryl methyl sites for hydroxylation is 1. The second-order valence-electron chi connectivity index (χ2n) is 4.56. The maximum atomic E-state index is 12.2. The van der Waals surface area contributed by atoms with E-state index in [0.29, 0.717) is 5.69 Å². The monoisotopic (exact) mass is 360 g/mol. The standard InChI is InChI=1S/C13H16N2O4S3/c1-3-21(16,17)12-4-6-13(7-5-12)22(18,19)14-8-11-9-20-10(2)15-11/h4-7,9,14H,3,8H2,1-2H3. The Labute approximate surface area is 134 Å². The predicted octanol–water partition coefficient (Wildman–Crippen LogP) is 1.72. The summed E-state index contributed by atoms with van der Waals surface area (Å²) >= 11 is 1.45. The number of hydrogen-bond donors (Lipinski definition) is 1. The predicted molar refractivity (Wildman–Crippen MR) is 85.0 cm³/mol. The number of nitrogens with one attached hydrogen (secondary N) is 1. The molecular formula is C13H16N2O4S3. The fourth-order valence-electron chi connectivity index (χ4n) is 1.73. The molecule has 0 saturated carbocycles. The van der Waals surface area contributed by atoms with Crippen molar-refractivity contribution in [2.75, 3.05) is 5.75 Å². The maximum absolute atomic E-state index is 12.2. The quantitative estimate of drug-likeness (QED) is 0.847. The first kappa shape index (κ1) is 17.1. The molecule has 0 aliphatic rings. The molecule has 0 aliphatic heterocycles. The molecule has 1 heterocycles. The minimum atomic E-state index is -3.70. The molecule has 0 atom stereocenters. The zero-order chi connectivity index (χ0) is 16.4. The van der Waals surface area contributed by atoms with E-state index in [0.717, 1.165) is 5.01 Å². The summed E-state index contributed by atoms with van der Waals surface area (Å²) in [4.78, 5) is 4.31. The average Bonchev–Trinajstić information content (AvgIpc) is 2.91. The summed E-state index contributed by atoms with van der Waals surface area (Å²) in [6, 6.07) is 5.19. The highest BCUT2D eigenvalue weighted by atomic mass is 32.2. The average molecular weight is 360 g/mol. The summed E-state index contributed by atoms with van der Waals surface area (Å²) in [6.45, 7) is 3.48. The molecule has 0 radical (unpaired) electrons. The molecule has 1 aromatic heterocycles. The Morgan fingerprint density at radius 3 is 2.18 bits per heavy atom. The molecule has 0 amide bonds. The minimum Gasteiger partial charge on any atom is -0.245 e. The largest absolute Gasteiger partial charge is 0.245 e. The number of thiazole rings is 1. The summed E-state index contributed by atoms with van der Waals surface area (Å²) in [5.41, 5.74) is 0.649. The third-order valence-electron chi connectivity index (χ3n) is 2.98. The van der Waals surface area contributed by atoms with Gasteiger partial charge in [0.05, 0.1) is 32.8 Å². The van der Waals surface area contributed by atoms with Crippen LogP contribution >= 0.6 is 11.3 Å². The third kappa shape index (κ3) is 3.92. The molecule has 22 heavy (non-hydrogen) atoms. The van der Waals surface area contributed by atoms with Crippen LogP contribution in [0.1, 0.15) is 17.6 Å². The lowest BCUT2D eigenvalue weighted by Crippen LogP contribution is -2.23. The van der Waals surface area contributed by atoms with Crippen LogP contribution in [0.3, 0.4) is 0 Å². The van der Waals surface area contributed by atoms with Crippen molar-refractivity contribution in [1.29, 1.82) is 0 Å². The van der Waals surface area contributed by atoms with Crippen molar-refractivity contribution < 1.29 is 16.8 Å². The van der Waals surface area contributed by atoms with Crippen LogP contribution in [0, 0.1) is 6.92 Å². The Morgan fingerprint density at radius 1 is 1.09 bits per heavy atom. The van der Waals surface area contributed by atoms with Crippen LogP contribution in [-0.4, -0.2) is 27.6 Å². The summed E-state index contributed by atoms with van der Waals surface area (Å²) < 4.78 is 50.2. The summed E-state index contributed by atoms with van der Waals surface area (Å²) in [7, 11) is -7.04. The number of sulfonamides is 1. The van der Waals surface area contributed by atoms with Gasteiger partial charge in [-0.2, -0.15) is 0 Å². The second kappa shape index (κ2) is 6.45. The number of hydrogen-bond acceptors (Lipinski definition) is 6. The molecule has 9 heteroatoms. The summed E-state index contributed by atoms with van der Waals surface area (Å²) in [6.07, 6.45) is 0. The summed E-state index contributed by atoms with van der Waals surface area (Å²) in [5.74, 6) is -0.0273. The lowest BCUT2D eigenvalue weighted by molar-refractivity contribution is 0.579. The first-order chi connectivity index (χ1) is 10.2. The van der Waals surface area contributed by atoms with Gasteiger partial charge in [0.15, 0.2) is 9.84 Å². The highest BCUT2D eigenvalue weighted by Gasteiger charge is 2.17. The van der Waals surface area contributed by atoms with Crippen molar-refractivity contribution >= 4 is 31.2 Å². The van der Waals surface area contributed by atoms with E-state index >= 15 is 0 Å². The highest BCUT2D eigenvalue weighted by Crippen LogP contribution is 2.16. The van der Waals surface area contributed by atoms with Crippen LogP contribution in [0.25, 0.3) is 0 Å². The number of benzene rings is 1. The van der Waals surface area contributed by atoms with Crippen LogP contribution in [0.15, 0.2) is 39.4 Å². The molecule has 0 spiro atoms. The van der Waals surface area contributed by atoms with E-state index < -0.39 is 19.9 Å². The van der Waals surface area contributed by atoms with Gasteiger partial charge in [-0.15, -0.1) is 11.3 Å². The van der Waals surface area contributed by atoms with Crippen LogP contribution in [-0.2, 0) is 26.4 Å². The Morgan fingerprint density at radius 2 is 1.68 bits per heavy atom. The van der Waals surface area contributed by atoms with E-state index in [1.807, 2.05) is 6.92 Å². The molecule has 2 aromatic rings. The van der Waals surface area contributed by atoms with Crippen LogP contribution < -0.4 is 4.72 Å². The van der Waals surface area contributed by atoms with E-state index in [-0.39, 0.29) is 22.1 Å². The van der Waals surface area contributed by atoms with Gasteiger partial charge in [0.2, 0.25) is 10.0 Å². The number of sulfone groups is 1. The van der Waals surface area contributed by atoms with Crippen molar-refractivity contribution in [1.82, 2.24) is 9.71 Å². The molecule has 0 bridgehead atoms. The van der Waals surface area contributed by atoms with Gasteiger partial charge in [-0.05, 0) is 31.2 Å². The Hall–Kier alpha value is -1.29. The smallest absolute Gasteiger partial charge is 0.240 e. The number of nitrogens with zero attached hydrogens (tertiary/aromatic N) is 1. The van der Waals surface area contributed by atoms with Crippen LogP contribution in [0.5, 0.6) is 0 Å². The van der Waals surface area contributed by atoms with E-state index in [1.54, 1.807) is 5.38 Å². The SMILES string of the molecule is CCS(=O)(=O)c1ccc(S(=O)(=O)NCc2csc(C)n2)cc1. The van der Waals surface area contributed by atoms with Crippen molar-refractivity contribution in [2.24, 2.45) is 0 Å². The molecule has 2 rings (SSSR count). The van der Waals surface area contributed by atoms with Crippen LogP contribution in [0.2, 0.25) is 0 Å². The molecule has 0 fully saturated rings. The third-order valence-corrected chi connectivity index (χ3v) is 6.97. The van der Waals surface area contributed by atoms with E-state index in [9.17, 15) is 16.8 Å². The first-order valence-electron chi connectivity index (χ1n) is 6.48. The second-order valence-corrected chi connectivity index (χ2v) is 9.66. The van der Waals surface area contributed by atoms with Gasteiger partial charge in [0.25, 0.3) is 0 Å². The molecule has 1 N–H and O–H groups in total. The molecule has 0 unspecified atom stereocenters. The van der Waals surface area contributed by atoms with Gasteiger partial charge < -0.3 is 0 Å². The normalized spacial score (nSPS) is 12.5. The number of aromatic nitrogens is 1. The van der Waals surface area contributed by atoms with Gasteiger partial charge in [0.1, 0.15) is 0 Å². The minimum absolute atomic E-state index is 0.0227. The van der Waals surface area contributed by atoms with Crippen molar-refractivity contribution in [3.05, 3.63) is 40.3 Å². The van der Waals surface area contributed by atoms with Crippen molar-refractivity contribution in [3.8, 4) is 0 Å². The Bertz CT molecular complexity index is 853. The fraction of sp³-hybridized carbons (Fsp3) is 0.308. The van der Waals surface area contributed by atoms with E-state index in [1.165, 1.54) is 42.5 Å². The van der Waals surface area contributed by atoms with Gasteiger partial charge >= 0.3 is 0 Å². The maximum Gasteiger partial charge on any atom is 0.240 e. The zero-order valence-electron chi connectivity index (χ0n) is 12.1. The highest BCUT2D eigenvalue weighted by molar-refractivity contribution is 7.91. The fourth-order valence-corrected chi connectivity index (χ4v) is 4.23. The van der Waals surface area contributed by atoms with Gasteiger partial charge in [-0.3, -0.25) is 0 Å². The molecule has 120 valence electrons. The van der Waals surface area contributed by atoms with Gasteiger partial charge in [-0.25, -0.2) is 26.5 Å². The molecular weight excluding hydrogens is 344 g/mol. The topological polar surface area (TPSA) is 93.2 Å². The van der Waals surface area contributed by atoms with E-state index in [4.69, 9.17) is 0 Å². The van der Waals surface area contributed by atoms with Gasteiger partial charge in [0, 0.05) is 5.38 Å². The molecule has 0 aliphatic carbocycles. The van der Waals surface area contributed by atoms with Crippen molar-refractivity contribution in [3.63, 3.8) is 0 Å². The first-order valence-corrected chi connectivity index (χ1v) is 10.5. The Kier molecular flexibility index (Phi) is 5.00. The van der Waals surface area contributed by atoms with Crippen molar-refractivity contribution in [2.45, 2.75) is 30.2 Å². The molecule has 0 saturated heterocycles. The zero-order valence-corrected chi connectivity index (χ0v) is 14.6. The lowest BCUT2D eigenvalue weighted by Gasteiger charge is -2.07. The Balaban J connectivity index is 2.16. The lowest BCUT2D eigenvalue weighted by atomic mass is 10.4. The van der Waals surface area contributed by atoms with Gasteiger partial charge in [-0.1, -0.05) is 6.92 Å². The van der Waals surface area contributed by atoms with Crippen LogP contribution in [0.4, 0.5) is 0 Å². The number of rotatable bonds is 6. The summed E-state index contributed by atoms with van der Waals surface area (Å²) in [5, 5.41) is 2.65.